The number of amides is 1. The van der Waals surface area contributed by atoms with Gasteiger partial charge in [-0.2, -0.15) is 0 Å². The summed E-state index contributed by atoms with van der Waals surface area (Å²) in [5.41, 5.74) is 7.27. The number of piperidine rings is 1. The van der Waals surface area contributed by atoms with E-state index in [4.69, 9.17) is 5.73 Å². The van der Waals surface area contributed by atoms with E-state index in [0.29, 0.717) is 6.42 Å². The maximum Gasteiger partial charge on any atom is 0.223 e. The minimum atomic E-state index is -0.0146. The van der Waals surface area contributed by atoms with Gasteiger partial charge < -0.3 is 10.6 Å². The molecule has 2 atom stereocenters. The Bertz CT molecular complexity index is 391. The first-order valence-corrected chi connectivity index (χ1v) is 6.08. The van der Waals surface area contributed by atoms with Crippen LogP contribution in [-0.2, 0) is 4.79 Å². The van der Waals surface area contributed by atoms with Crippen molar-refractivity contribution in [2.75, 3.05) is 0 Å². The van der Waals surface area contributed by atoms with Gasteiger partial charge in [-0.15, -0.1) is 0 Å². The van der Waals surface area contributed by atoms with Crippen LogP contribution in [0.5, 0.6) is 0 Å². The lowest BCUT2D eigenvalue weighted by Crippen LogP contribution is -2.51. The van der Waals surface area contributed by atoms with Gasteiger partial charge in [-0.3, -0.25) is 9.78 Å². The Labute approximate surface area is 102 Å². The second-order valence-electron chi connectivity index (χ2n) is 4.82. The maximum atomic E-state index is 12.0. The number of carbonyl (C=O) groups is 1. The van der Waals surface area contributed by atoms with E-state index in [2.05, 4.69) is 4.98 Å². The van der Waals surface area contributed by atoms with Gasteiger partial charge in [0.2, 0.25) is 5.91 Å². The lowest BCUT2D eigenvalue weighted by Gasteiger charge is -2.42. The van der Waals surface area contributed by atoms with Crippen molar-refractivity contribution in [2.45, 2.75) is 44.8 Å². The molecular weight excluding hydrogens is 214 g/mol. The number of pyridine rings is 1. The number of rotatable bonds is 2. The smallest absolute Gasteiger partial charge is 0.223 e. The zero-order chi connectivity index (χ0) is 12.4. The van der Waals surface area contributed by atoms with Crippen LogP contribution < -0.4 is 5.73 Å². The van der Waals surface area contributed by atoms with Gasteiger partial charge >= 0.3 is 0 Å². The van der Waals surface area contributed by atoms with E-state index in [1.165, 1.54) is 0 Å². The van der Waals surface area contributed by atoms with Crippen LogP contribution in [0.4, 0.5) is 0 Å². The van der Waals surface area contributed by atoms with Crippen molar-refractivity contribution in [3.05, 3.63) is 30.1 Å². The molecule has 4 nitrogen and oxygen atoms in total. The molecule has 1 aliphatic rings. The number of aromatic nitrogens is 1. The van der Waals surface area contributed by atoms with Gasteiger partial charge in [-0.1, -0.05) is 0 Å². The van der Waals surface area contributed by atoms with Crippen molar-refractivity contribution >= 4 is 5.91 Å². The average Bonchev–Trinajstić information content (AvgIpc) is 2.32. The Morgan fingerprint density at radius 3 is 2.65 bits per heavy atom. The second-order valence-corrected chi connectivity index (χ2v) is 4.82. The van der Waals surface area contributed by atoms with Crippen LogP contribution in [0.1, 0.15) is 38.3 Å². The molecule has 2 rings (SSSR count). The normalized spacial score (nSPS) is 25.4. The van der Waals surface area contributed by atoms with E-state index in [-0.39, 0.29) is 24.0 Å². The van der Waals surface area contributed by atoms with Crippen LogP contribution in [0.25, 0.3) is 0 Å². The number of hydrogen-bond acceptors (Lipinski definition) is 3. The predicted molar refractivity (Wildman–Crippen MR) is 66.2 cm³/mol. The Morgan fingerprint density at radius 2 is 2.06 bits per heavy atom. The summed E-state index contributed by atoms with van der Waals surface area (Å²) < 4.78 is 0. The van der Waals surface area contributed by atoms with Gasteiger partial charge in [-0.05, 0) is 38.0 Å². The van der Waals surface area contributed by atoms with Crippen molar-refractivity contribution in [1.29, 1.82) is 0 Å². The van der Waals surface area contributed by atoms with Crippen molar-refractivity contribution in [3.8, 4) is 0 Å². The maximum absolute atomic E-state index is 12.0. The highest BCUT2D eigenvalue weighted by Gasteiger charge is 2.36. The van der Waals surface area contributed by atoms with Crippen LogP contribution in [0, 0.1) is 0 Å². The monoisotopic (exact) mass is 233 g/mol. The summed E-state index contributed by atoms with van der Waals surface area (Å²) in [6.45, 7) is 4.06. The predicted octanol–water partition coefficient (Wildman–Crippen LogP) is 1.48. The summed E-state index contributed by atoms with van der Waals surface area (Å²) in [6.07, 6.45) is 4.81. The van der Waals surface area contributed by atoms with E-state index in [1.807, 2.05) is 30.9 Å². The van der Waals surface area contributed by atoms with Crippen molar-refractivity contribution in [1.82, 2.24) is 9.88 Å². The number of nitrogens with zero attached hydrogens (tertiary/aromatic N) is 2. The highest BCUT2D eigenvalue weighted by molar-refractivity contribution is 5.78. The summed E-state index contributed by atoms with van der Waals surface area (Å²) in [5, 5.41) is 0. The molecule has 0 aliphatic carbocycles. The Kier molecular flexibility index (Phi) is 3.43. The fourth-order valence-electron chi connectivity index (χ4n) is 2.52. The summed E-state index contributed by atoms with van der Waals surface area (Å²) >= 11 is 0. The zero-order valence-electron chi connectivity index (χ0n) is 10.3. The van der Waals surface area contributed by atoms with E-state index in [1.54, 1.807) is 12.4 Å². The highest BCUT2D eigenvalue weighted by Crippen LogP contribution is 2.32. The molecule has 2 unspecified atom stereocenters. The number of hydrogen-bond donors (Lipinski definition) is 1. The molecule has 0 radical (unpaired) electrons. The first-order valence-electron chi connectivity index (χ1n) is 6.08. The summed E-state index contributed by atoms with van der Waals surface area (Å²) in [6, 6.07) is 4.06. The molecular formula is C13H19N3O. The molecule has 1 amide bonds. The minimum absolute atomic E-state index is 0.0116. The first-order chi connectivity index (χ1) is 8.11. The van der Waals surface area contributed by atoms with E-state index in [9.17, 15) is 4.79 Å². The Hall–Kier alpha value is -1.42. The fraction of sp³-hybridized carbons (Fsp3) is 0.538. The van der Waals surface area contributed by atoms with Crippen LogP contribution >= 0.6 is 0 Å². The van der Waals surface area contributed by atoms with Gasteiger partial charge in [0, 0.05) is 30.9 Å². The Morgan fingerprint density at radius 1 is 1.41 bits per heavy atom. The lowest BCUT2D eigenvalue weighted by atomic mass is 9.90. The number of likely N-dealkylation sites (tertiary alicyclic amines) is 1. The van der Waals surface area contributed by atoms with Gasteiger partial charge in [0.15, 0.2) is 0 Å². The van der Waals surface area contributed by atoms with E-state index < -0.39 is 0 Å². The molecule has 1 aliphatic heterocycles. The molecule has 0 aromatic carbocycles. The molecule has 92 valence electrons. The van der Waals surface area contributed by atoms with Crippen molar-refractivity contribution < 1.29 is 4.79 Å². The molecule has 4 heteroatoms. The molecule has 0 spiro atoms. The molecule has 1 aromatic heterocycles. The first kappa shape index (κ1) is 12.0. The van der Waals surface area contributed by atoms with Gasteiger partial charge in [0.1, 0.15) is 0 Å². The minimum Gasteiger partial charge on any atom is -0.332 e. The third-order valence-corrected chi connectivity index (χ3v) is 3.29. The van der Waals surface area contributed by atoms with Crippen LogP contribution in [0.15, 0.2) is 24.5 Å². The number of nitrogens with two attached hydrogens (primary N) is 1. The van der Waals surface area contributed by atoms with Crippen LogP contribution in [-0.4, -0.2) is 27.9 Å². The van der Waals surface area contributed by atoms with Crippen LogP contribution in [0.3, 0.4) is 0 Å². The average molecular weight is 233 g/mol. The molecule has 0 saturated carbocycles. The van der Waals surface area contributed by atoms with Gasteiger partial charge in [0.25, 0.3) is 0 Å². The molecule has 17 heavy (non-hydrogen) atoms. The molecule has 1 aromatic rings. The van der Waals surface area contributed by atoms with Gasteiger partial charge in [-0.25, -0.2) is 0 Å². The second kappa shape index (κ2) is 4.84. The molecule has 2 N–H and O–H groups in total. The lowest BCUT2D eigenvalue weighted by molar-refractivity contribution is -0.139. The van der Waals surface area contributed by atoms with E-state index >= 15 is 0 Å². The van der Waals surface area contributed by atoms with Crippen molar-refractivity contribution in [2.24, 2.45) is 5.73 Å². The number of carbonyl (C=O) groups excluding carboxylic acids is 1. The topological polar surface area (TPSA) is 59.2 Å². The summed E-state index contributed by atoms with van der Waals surface area (Å²) in [5.74, 6) is 0.198. The van der Waals surface area contributed by atoms with E-state index in [0.717, 1.165) is 12.0 Å². The Balaban J connectivity index is 2.36. The van der Waals surface area contributed by atoms with Crippen molar-refractivity contribution in [3.63, 3.8) is 0 Å². The molecule has 2 heterocycles. The zero-order valence-corrected chi connectivity index (χ0v) is 10.3. The molecule has 1 saturated heterocycles. The molecule has 1 fully saturated rings. The SMILES string of the molecule is CC(C)N1C(=O)CCC(N)C1c1ccncc1. The third kappa shape index (κ3) is 2.31. The summed E-state index contributed by atoms with van der Waals surface area (Å²) in [4.78, 5) is 17.9. The molecule has 0 bridgehead atoms. The largest absolute Gasteiger partial charge is 0.332 e. The van der Waals surface area contributed by atoms with Crippen LogP contribution in [0.2, 0.25) is 0 Å². The fourth-order valence-corrected chi connectivity index (χ4v) is 2.52. The third-order valence-electron chi connectivity index (χ3n) is 3.29. The highest BCUT2D eigenvalue weighted by atomic mass is 16.2. The quantitative estimate of drug-likeness (QED) is 0.841. The standard InChI is InChI=1S/C13H19N3O/c1-9(2)16-12(17)4-3-11(14)13(16)10-5-7-15-8-6-10/h5-9,11,13H,3-4,14H2,1-2H3. The summed E-state index contributed by atoms with van der Waals surface area (Å²) in [7, 11) is 0. The van der Waals surface area contributed by atoms with Gasteiger partial charge in [0.05, 0.1) is 6.04 Å².